The Bertz CT molecular complexity index is 860. The molecular formula is C18H20F2N4O. The lowest BCUT2D eigenvalue weighted by molar-refractivity contribution is -0.243. The zero-order valence-corrected chi connectivity index (χ0v) is 14.1. The summed E-state index contributed by atoms with van der Waals surface area (Å²) in [5.41, 5.74) is 1.11. The highest BCUT2D eigenvalue weighted by molar-refractivity contribution is 5.88. The van der Waals surface area contributed by atoms with Crippen LogP contribution in [0.5, 0.6) is 0 Å². The van der Waals surface area contributed by atoms with Gasteiger partial charge in [-0.2, -0.15) is 0 Å². The van der Waals surface area contributed by atoms with Gasteiger partial charge in [0.1, 0.15) is 17.5 Å². The molecule has 1 N–H and O–H groups in total. The molecule has 1 fully saturated rings. The lowest BCUT2D eigenvalue weighted by Crippen LogP contribution is -2.76. The highest BCUT2D eigenvalue weighted by atomic mass is 19.3. The first-order valence-electron chi connectivity index (χ1n) is 8.64. The molecule has 1 aliphatic heterocycles. The van der Waals surface area contributed by atoms with E-state index in [0.717, 1.165) is 22.3 Å². The van der Waals surface area contributed by atoms with Crippen LogP contribution in [0.2, 0.25) is 0 Å². The van der Waals surface area contributed by atoms with Crippen molar-refractivity contribution in [1.29, 1.82) is 0 Å². The van der Waals surface area contributed by atoms with Crippen molar-refractivity contribution in [2.75, 3.05) is 6.54 Å². The second-order valence-corrected chi connectivity index (χ2v) is 6.82. The molecule has 2 aromatic heterocycles. The van der Waals surface area contributed by atoms with Crippen LogP contribution in [0.25, 0.3) is 16.6 Å². The molecule has 0 aromatic carbocycles. The van der Waals surface area contributed by atoms with E-state index in [9.17, 15) is 13.6 Å². The third kappa shape index (κ3) is 2.28. The number of amides is 1. The number of nitrogens with one attached hydrogen (secondary N) is 1. The largest absolute Gasteiger partial charge is 0.346 e. The van der Waals surface area contributed by atoms with Crippen molar-refractivity contribution in [1.82, 2.24) is 19.9 Å². The van der Waals surface area contributed by atoms with E-state index in [0.29, 0.717) is 19.3 Å². The lowest BCUT2D eigenvalue weighted by atomic mass is 9.74. The van der Waals surface area contributed by atoms with Gasteiger partial charge in [0.25, 0.3) is 5.92 Å². The van der Waals surface area contributed by atoms with Crippen molar-refractivity contribution in [2.45, 2.75) is 50.5 Å². The molecule has 0 radical (unpaired) electrons. The zero-order valence-electron chi connectivity index (χ0n) is 14.1. The molecule has 4 rings (SSSR count). The van der Waals surface area contributed by atoms with Crippen LogP contribution < -0.4 is 0 Å². The van der Waals surface area contributed by atoms with Crippen LogP contribution in [-0.4, -0.2) is 43.8 Å². The van der Waals surface area contributed by atoms with Gasteiger partial charge in [-0.1, -0.05) is 13.0 Å². The van der Waals surface area contributed by atoms with Crippen LogP contribution >= 0.6 is 0 Å². The summed E-state index contributed by atoms with van der Waals surface area (Å²) in [6.45, 7) is 1.26. The monoisotopic (exact) mass is 346 g/mol. The number of alkyl halides is 2. The standard InChI is InChI=1S/C18H20F2N4O/c1-2-14(25)24-10-18(19,20)17(24)7-3-4-12(5-8-17)15-13-6-9-21-16(13)23-11-22-15/h5-6,9,11H,2-4,7-8,10H2,1H3,(H,21,22,23)/t17-/m0/s1. The first-order valence-corrected chi connectivity index (χ1v) is 8.64. The van der Waals surface area contributed by atoms with Crippen molar-refractivity contribution in [3.8, 4) is 0 Å². The van der Waals surface area contributed by atoms with Crippen LogP contribution in [0.1, 0.15) is 44.7 Å². The van der Waals surface area contributed by atoms with Crippen molar-refractivity contribution >= 4 is 22.5 Å². The molecule has 132 valence electrons. The number of allylic oxidation sites excluding steroid dienone is 1. The van der Waals surface area contributed by atoms with Crippen molar-refractivity contribution in [2.24, 2.45) is 0 Å². The molecule has 2 aromatic rings. The maximum atomic E-state index is 14.5. The number of nitrogens with zero attached hydrogens (tertiary/aromatic N) is 3. The molecule has 1 amide bonds. The van der Waals surface area contributed by atoms with Crippen molar-refractivity contribution in [3.63, 3.8) is 0 Å². The molecule has 1 saturated heterocycles. The van der Waals surface area contributed by atoms with Gasteiger partial charge in [-0.05, 0) is 37.3 Å². The second kappa shape index (κ2) is 5.61. The van der Waals surface area contributed by atoms with E-state index in [1.165, 1.54) is 11.2 Å². The van der Waals surface area contributed by atoms with Gasteiger partial charge >= 0.3 is 0 Å². The van der Waals surface area contributed by atoms with Crippen molar-refractivity contribution in [3.05, 3.63) is 30.4 Å². The maximum Gasteiger partial charge on any atom is 0.288 e. The second-order valence-electron chi connectivity index (χ2n) is 6.82. The summed E-state index contributed by atoms with van der Waals surface area (Å²) in [5, 5.41) is 0.895. The lowest BCUT2D eigenvalue weighted by Gasteiger charge is -2.58. The third-order valence-corrected chi connectivity index (χ3v) is 5.54. The van der Waals surface area contributed by atoms with E-state index >= 15 is 0 Å². The quantitative estimate of drug-likeness (QED) is 0.905. The van der Waals surface area contributed by atoms with E-state index in [4.69, 9.17) is 0 Å². The number of hydrogen-bond acceptors (Lipinski definition) is 3. The summed E-state index contributed by atoms with van der Waals surface area (Å²) in [4.78, 5) is 25.1. The van der Waals surface area contributed by atoms with Gasteiger partial charge in [-0.3, -0.25) is 4.79 Å². The third-order valence-electron chi connectivity index (χ3n) is 5.54. The number of aromatic nitrogens is 3. The summed E-state index contributed by atoms with van der Waals surface area (Å²) in [7, 11) is 0. The van der Waals surface area contributed by atoms with E-state index in [1.54, 1.807) is 13.1 Å². The Hall–Kier alpha value is -2.31. The average Bonchev–Trinajstić information content (AvgIpc) is 2.96. The van der Waals surface area contributed by atoms with Crippen LogP contribution in [0.3, 0.4) is 0 Å². The predicted octanol–water partition coefficient (Wildman–Crippen LogP) is 3.54. The first kappa shape index (κ1) is 16.2. The Kier molecular flexibility index (Phi) is 3.63. The fraction of sp³-hybridized carbons (Fsp3) is 0.500. The van der Waals surface area contributed by atoms with Gasteiger partial charge in [0.2, 0.25) is 5.91 Å². The molecular weight excluding hydrogens is 326 g/mol. The summed E-state index contributed by atoms with van der Waals surface area (Å²) in [6, 6.07) is 1.90. The van der Waals surface area contributed by atoms with Crippen molar-refractivity contribution < 1.29 is 13.6 Å². The van der Waals surface area contributed by atoms with Gasteiger partial charge in [0.15, 0.2) is 0 Å². The number of carbonyl (C=O) groups excluding carboxylic acids is 1. The number of H-pyrrole nitrogens is 1. The minimum Gasteiger partial charge on any atom is -0.346 e. The van der Waals surface area contributed by atoms with E-state index in [-0.39, 0.29) is 18.7 Å². The van der Waals surface area contributed by atoms with Crippen LogP contribution in [0.15, 0.2) is 24.7 Å². The molecule has 25 heavy (non-hydrogen) atoms. The average molecular weight is 346 g/mol. The molecule has 1 atom stereocenters. The summed E-state index contributed by atoms with van der Waals surface area (Å²) in [5.74, 6) is -3.03. The molecule has 0 saturated carbocycles. The molecule has 5 nitrogen and oxygen atoms in total. The maximum absolute atomic E-state index is 14.5. The number of rotatable bonds is 2. The van der Waals surface area contributed by atoms with Crippen LogP contribution in [0.4, 0.5) is 8.78 Å². The summed E-state index contributed by atoms with van der Waals surface area (Å²) < 4.78 is 29.0. The summed E-state index contributed by atoms with van der Waals surface area (Å²) in [6.07, 6.45) is 7.14. The van der Waals surface area contributed by atoms with E-state index < -0.39 is 18.0 Å². The minimum absolute atomic E-state index is 0.164. The summed E-state index contributed by atoms with van der Waals surface area (Å²) >= 11 is 0. The minimum atomic E-state index is -2.83. The Balaban J connectivity index is 1.70. The SMILES string of the molecule is CCC(=O)N1CC(F)(F)[C@]12CC=C(c1ncnc3[nH]ccc13)CCC2. The number of hydrogen-bond donors (Lipinski definition) is 1. The molecule has 7 heteroatoms. The Labute approximate surface area is 144 Å². The number of likely N-dealkylation sites (tertiary alicyclic amines) is 1. The molecule has 3 heterocycles. The molecule has 1 aliphatic carbocycles. The smallest absolute Gasteiger partial charge is 0.288 e. The topological polar surface area (TPSA) is 61.9 Å². The fourth-order valence-corrected chi connectivity index (χ4v) is 4.11. The number of halogens is 2. The normalized spacial score (nSPS) is 25.6. The molecule has 2 aliphatic rings. The van der Waals surface area contributed by atoms with Gasteiger partial charge in [0, 0.05) is 18.0 Å². The molecule has 0 unspecified atom stereocenters. The number of aromatic amines is 1. The number of carbonyl (C=O) groups is 1. The Morgan fingerprint density at radius 3 is 3.00 bits per heavy atom. The van der Waals surface area contributed by atoms with Crippen LogP contribution in [-0.2, 0) is 4.79 Å². The fourth-order valence-electron chi connectivity index (χ4n) is 4.11. The zero-order chi connectivity index (χ0) is 17.7. The van der Waals surface area contributed by atoms with Gasteiger partial charge in [0.05, 0.1) is 12.2 Å². The van der Waals surface area contributed by atoms with Gasteiger partial charge in [-0.25, -0.2) is 18.7 Å². The Morgan fingerprint density at radius 1 is 1.40 bits per heavy atom. The predicted molar refractivity (Wildman–Crippen MR) is 90.0 cm³/mol. The van der Waals surface area contributed by atoms with E-state index in [2.05, 4.69) is 15.0 Å². The van der Waals surface area contributed by atoms with E-state index in [1.807, 2.05) is 12.1 Å². The highest BCUT2D eigenvalue weighted by Crippen LogP contribution is 2.52. The number of fused-ring (bicyclic) bond motifs is 1. The first-order chi connectivity index (χ1) is 12.0. The molecule has 1 spiro atoms. The highest BCUT2D eigenvalue weighted by Gasteiger charge is 2.67. The Morgan fingerprint density at radius 2 is 2.24 bits per heavy atom. The van der Waals surface area contributed by atoms with Gasteiger partial charge < -0.3 is 9.88 Å². The molecule has 0 bridgehead atoms. The van der Waals surface area contributed by atoms with Gasteiger partial charge in [-0.15, -0.1) is 0 Å². The van der Waals surface area contributed by atoms with Crippen LogP contribution in [0, 0.1) is 0 Å².